The molecule has 6 heteroatoms. The number of thioether (sulfide) groups is 1. The van der Waals surface area contributed by atoms with Crippen molar-refractivity contribution < 1.29 is 9.21 Å². The fraction of sp³-hybridized carbons (Fsp3) is 0.0526. The molecular formula is C19H12N2O2S2. The van der Waals surface area contributed by atoms with Gasteiger partial charge in [0, 0.05) is 26.5 Å². The van der Waals surface area contributed by atoms with Gasteiger partial charge in [0.1, 0.15) is 5.58 Å². The van der Waals surface area contributed by atoms with Gasteiger partial charge in [0.25, 0.3) is 5.91 Å². The second kappa shape index (κ2) is 5.75. The highest BCUT2D eigenvalue weighted by Gasteiger charge is 2.22. The molecule has 0 radical (unpaired) electrons. The van der Waals surface area contributed by atoms with Crippen LogP contribution >= 0.6 is 23.1 Å². The number of benzene rings is 2. The van der Waals surface area contributed by atoms with Crippen molar-refractivity contribution >= 4 is 45.1 Å². The number of fused-ring (bicyclic) bond motifs is 4. The molecule has 5 rings (SSSR count). The molecule has 122 valence electrons. The molecule has 0 spiro atoms. The van der Waals surface area contributed by atoms with Crippen molar-refractivity contribution in [3.05, 3.63) is 65.2 Å². The second-order valence-electron chi connectivity index (χ2n) is 5.68. The minimum atomic E-state index is -0.275. The van der Waals surface area contributed by atoms with Crippen molar-refractivity contribution in [1.29, 1.82) is 0 Å². The van der Waals surface area contributed by atoms with E-state index in [1.165, 1.54) is 21.1 Å². The van der Waals surface area contributed by atoms with Gasteiger partial charge in [0.15, 0.2) is 10.9 Å². The molecule has 2 aromatic carbocycles. The summed E-state index contributed by atoms with van der Waals surface area (Å²) in [5.74, 6) is 0.900. The summed E-state index contributed by atoms with van der Waals surface area (Å²) in [6.45, 7) is 0. The average molecular weight is 364 g/mol. The van der Waals surface area contributed by atoms with Crippen molar-refractivity contribution in [2.45, 2.75) is 10.6 Å². The summed E-state index contributed by atoms with van der Waals surface area (Å²) in [5, 5.41) is 4.39. The zero-order valence-electron chi connectivity index (χ0n) is 13.0. The van der Waals surface area contributed by atoms with Crippen LogP contribution in [-0.4, -0.2) is 10.9 Å². The Morgan fingerprint density at radius 1 is 1.12 bits per heavy atom. The maximum absolute atomic E-state index is 12.5. The fourth-order valence-electron chi connectivity index (χ4n) is 2.90. The predicted molar refractivity (Wildman–Crippen MR) is 101 cm³/mol. The Morgan fingerprint density at radius 3 is 2.88 bits per heavy atom. The van der Waals surface area contributed by atoms with E-state index in [4.69, 9.17) is 4.42 Å². The summed E-state index contributed by atoms with van der Waals surface area (Å²) < 4.78 is 5.62. The van der Waals surface area contributed by atoms with Gasteiger partial charge in [0.2, 0.25) is 0 Å². The van der Waals surface area contributed by atoms with Crippen molar-refractivity contribution in [3.8, 4) is 11.3 Å². The van der Waals surface area contributed by atoms with Gasteiger partial charge < -0.3 is 4.42 Å². The van der Waals surface area contributed by atoms with E-state index in [1.54, 1.807) is 17.8 Å². The quantitative estimate of drug-likeness (QED) is 0.516. The van der Waals surface area contributed by atoms with Crippen LogP contribution in [0.4, 0.5) is 5.13 Å². The fourth-order valence-corrected chi connectivity index (χ4v) is 4.99. The molecule has 0 bridgehead atoms. The molecule has 0 atom stereocenters. The number of aromatic nitrogens is 1. The number of anilines is 1. The third-order valence-electron chi connectivity index (χ3n) is 4.07. The molecule has 1 aliphatic rings. The largest absolute Gasteiger partial charge is 0.451 e. The summed E-state index contributed by atoms with van der Waals surface area (Å²) in [4.78, 5) is 19.6. The molecular weight excluding hydrogens is 352 g/mol. The molecule has 1 amide bonds. The summed E-state index contributed by atoms with van der Waals surface area (Å²) in [6, 6.07) is 17.6. The number of amides is 1. The van der Waals surface area contributed by atoms with Gasteiger partial charge in [0.05, 0.1) is 5.69 Å². The average Bonchev–Trinajstić information content (AvgIpc) is 3.25. The number of carbonyl (C=O) groups excluding carboxylic acids is 1. The van der Waals surface area contributed by atoms with Crippen LogP contribution in [-0.2, 0) is 5.75 Å². The Morgan fingerprint density at radius 2 is 1.96 bits per heavy atom. The first-order valence-corrected chi connectivity index (χ1v) is 9.60. The molecule has 2 aromatic heterocycles. The molecule has 0 fully saturated rings. The lowest BCUT2D eigenvalue weighted by Crippen LogP contribution is -2.10. The SMILES string of the molecule is O=C(Nc1nc2c(s1)CSc1ccccc1-2)c1cc2ccccc2o1. The number of para-hydroxylation sites is 1. The summed E-state index contributed by atoms with van der Waals surface area (Å²) in [7, 11) is 0. The van der Waals surface area contributed by atoms with Crippen LogP contribution in [0.25, 0.3) is 22.2 Å². The highest BCUT2D eigenvalue weighted by atomic mass is 32.2. The van der Waals surface area contributed by atoms with Gasteiger partial charge in [-0.3, -0.25) is 10.1 Å². The Hall–Kier alpha value is -2.57. The molecule has 0 saturated heterocycles. The lowest BCUT2D eigenvalue weighted by atomic mass is 10.1. The number of carbonyl (C=O) groups is 1. The topological polar surface area (TPSA) is 55.1 Å². The number of hydrogen-bond donors (Lipinski definition) is 1. The smallest absolute Gasteiger partial charge is 0.293 e. The van der Waals surface area contributed by atoms with Gasteiger partial charge >= 0.3 is 0 Å². The summed E-state index contributed by atoms with van der Waals surface area (Å²) in [5.41, 5.74) is 2.81. The van der Waals surface area contributed by atoms with Crippen LogP contribution in [0, 0.1) is 0 Å². The first kappa shape index (κ1) is 14.7. The Balaban J connectivity index is 1.46. The third-order valence-corrected chi connectivity index (χ3v) is 6.32. The first-order valence-electron chi connectivity index (χ1n) is 7.80. The van der Waals surface area contributed by atoms with Crippen LogP contribution in [0.15, 0.2) is 63.9 Å². The number of nitrogens with zero attached hydrogens (tertiary/aromatic N) is 1. The van der Waals surface area contributed by atoms with E-state index < -0.39 is 0 Å². The standard InChI is InChI=1S/C19H12N2O2S2/c22-18(14-9-11-5-1-3-7-13(11)23-14)21-19-20-17-12-6-2-4-8-15(12)24-10-16(17)25-19/h1-9H,10H2,(H,20,21,22). The Labute approximate surface area is 151 Å². The first-order chi connectivity index (χ1) is 12.3. The number of thiazole rings is 1. The number of nitrogens with one attached hydrogen (secondary N) is 1. The highest BCUT2D eigenvalue weighted by Crippen LogP contribution is 2.44. The number of furan rings is 1. The molecule has 4 nitrogen and oxygen atoms in total. The summed E-state index contributed by atoms with van der Waals surface area (Å²) >= 11 is 3.33. The Bertz CT molecular complexity index is 1080. The molecule has 3 heterocycles. The van der Waals surface area contributed by atoms with Crippen LogP contribution < -0.4 is 5.32 Å². The zero-order valence-corrected chi connectivity index (χ0v) is 14.6. The number of rotatable bonds is 2. The number of hydrogen-bond acceptors (Lipinski definition) is 5. The second-order valence-corrected chi connectivity index (χ2v) is 7.78. The summed E-state index contributed by atoms with van der Waals surface area (Å²) in [6.07, 6.45) is 0. The maximum atomic E-state index is 12.5. The molecule has 0 aliphatic carbocycles. The zero-order chi connectivity index (χ0) is 16.8. The van der Waals surface area contributed by atoms with E-state index >= 15 is 0 Å². The lowest BCUT2D eigenvalue weighted by Gasteiger charge is -2.13. The van der Waals surface area contributed by atoms with Crippen LogP contribution in [0.1, 0.15) is 15.4 Å². The van der Waals surface area contributed by atoms with Crippen LogP contribution in [0.3, 0.4) is 0 Å². The monoisotopic (exact) mass is 364 g/mol. The Kier molecular flexibility index (Phi) is 3.39. The van der Waals surface area contributed by atoms with Gasteiger partial charge in [-0.15, -0.1) is 23.1 Å². The molecule has 25 heavy (non-hydrogen) atoms. The van der Waals surface area contributed by atoms with E-state index in [-0.39, 0.29) is 5.91 Å². The normalized spacial score (nSPS) is 12.6. The van der Waals surface area contributed by atoms with Gasteiger partial charge in [-0.05, 0) is 18.2 Å². The minimum Gasteiger partial charge on any atom is -0.451 e. The van der Waals surface area contributed by atoms with Gasteiger partial charge in [-0.2, -0.15) is 0 Å². The van der Waals surface area contributed by atoms with Crippen LogP contribution in [0.2, 0.25) is 0 Å². The molecule has 0 saturated carbocycles. The lowest BCUT2D eigenvalue weighted by molar-refractivity contribution is 0.0998. The van der Waals surface area contributed by atoms with Gasteiger partial charge in [-0.1, -0.05) is 36.4 Å². The van der Waals surface area contributed by atoms with E-state index in [9.17, 15) is 4.79 Å². The highest BCUT2D eigenvalue weighted by molar-refractivity contribution is 7.98. The van der Waals surface area contributed by atoms with Crippen LogP contribution in [0.5, 0.6) is 0 Å². The van der Waals surface area contributed by atoms with Crippen molar-refractivity contribution in [2.24, 2.45) is 0 Å². The molecule has 0 unspecified atom stereocenters. The maximum Gasteiger partial charge on any atom is 0.293 e. The predicted octanol–water partition coefficient (Wildman–Crippen LogP) is 5.41. The van der Waals surface area contributed by atoms with E-state index in [0.29, 0.717) is 16.5 Å². The van der Waals surface area contributed by atoms with Crippen molar-refractivity contribution in [1.82, 2.24) is 4.98 Å². The third kappa shape index (κ3) is 2.54. The minimum absolute atomic E-state index is 0.275. The van der Waals surface area contributed by atoms with E-state index in [0.717, 1.165) is 22.4 Å². The molecule has 1 aliphatic heterocycles. The van der Waals surface area contributed by atoms with E-state index in [2.05, 4.69) is 22.4 Å². The molecule has 4 aromatic rings. The van der Waals surface area contributed by atoms with Gasteiger partial charge in [-0.25, -0.2) is 4.98 Å². The van der Waals surface area contributed by atoms with Crippen molar-refractivity contribution in [2.75, 3.05) is 5.32 Å². The van der Waals surface area contributed by atoms with E-state index in [1.807, 2.05) is 36.4 Å². The van der Waals surface area contributed by atoms with Crippen molar-refractivity contribution in [3.63, 3.8) is 0 Å². The molecule has 1 N–H and O–H groups in total.